The summed E-state index contributed by atoms with van der Waals surface area (Å²) in [6.07, 6.45) is 2.19. The molecule has 4 nitrogen and oxygen atoms in total. The average molecular weight is 264 g/mol. The highest BCUT2D eigenvalue weighted by molar-refractivity contribution is 5.79. The normalized spacial score (nSPS) is 10.3. The number of carbonyl (C=O) groups is 1. The van der Waals surface area contributed by atoms with Crippen molar-refractivity contribution in [1.82, 2.24) is 4.90 Å². The number of methoxy groups -OCH3 is 1. The molecule has 0 aromatic heterocycles. The van der Waals surface area contributed by atoms with Gasteiger partial charge in [-0.25, -0.2) is 0 Å². The topological polar surface area (TPSA) is 55.6 Å². The average Bonchev–Trinajstić information content (AvgIpc) is 2.44. The fraction of sp³-hybridized carbons (Fsp3) is 0.533. The smallest absolute Gasteiger partial charge is 0.227 e. The maximum atomic E-state index is 12.3. The molecule has 0 atom stereocenters. The van der Waals surface area contributed by atoms with E-state index in [-0.39, 0.29) is 5.91 Å². The van der Waals surface area contributed by atoms with E-state index < -0.39 is 0 Å². The van der Waals surface area contributed by atoms with Gasteiger partial charge in [-0.05, 0) is 25.5 Å². The predicted molar refractivity (Wildman–Crippen MR) is 77.2 cm³/mol. The van der Waals surface area contributed by atoms with E-state index >= 15 is 0 Å². The molecule has 0 bridgehead atoms. The Hall–Kier alpha value is -1.55. The van der Waals surface area contributed by atoms with Gasteiger partial charge in [0, 0.05) is 18.7 Å². The van der Waals surface area contributed by atoms with Gasteiger partial charge in [0.25, 0.3) is 0 Å². The molecule has 0 radical (unpaired) electrons. The molecule has 2 N–H and O–H groups in total. The summed E-state index contributed by atoms with van der Waals surface area (Å²) in [6.45, 7) is 4.21. The maximum Gasteiger partial charge on any atom is 0.227 e. The van der Waals surface area contributed by atoms with E-state index in [1.165, 1.54) is 0 Å². The van der Waals surface area contributed by atoms with E-state index in [1.54, 1.807) is 7.11 Å². The van der Waals surface area contributed by atoms with Crippen molar-refractivity contribution < 1.29 is 9.53 Å². The second-order valence-corrected chi connectivity index (χ2v) is 4.51. The van der Waals surface area contributed by atoms with Crippen molar-refractivity contribution >= 4 is 5.91 Å². The molecule has 19 heavy (non-hydrogen) atoms. The molecular weight excluding hydrogens is 240 g/mol. The molecule has 0 aliphatic carbocycles. The standard InChI is InChI=1S/C15H24N2O2/c1-3-10-17(11-6-9-16)15(18)12-13-7-4-5-8-14(13)19-2/h4-5,7-8H,3,6,9-12,16H2,1-2H3. The first-order valence-corrected chi connectivity index (χ1v) is 6.82. The van der Waals surface area contributed by atoms with E-state index in [4.69, 9.17) is 10.5 Å². The van der Waals surface area contributed by atoms with Crippen LogP contribution in [0.3, 0.4) is 0 Å². The zero-order valence-electron chi connectivity index (χ0n) is 11.9. The van der Waals surface area contributed by atoms with Crippen LogP contribution in [0, 0.1) is 0 Å². The lowest BCUT2D eigenvalue weighted by Gasteiger charge is -2.22. The number of rotatable bonds is 8. The molecule has 0 spiro atoms. The van der Waals surface area contributed by atoms with Crippen LogP contribution in [0.4, 0.5) is 0 Å². The molecule has 1 amide bonds. The number of hydrogen-bond acceptors (Lipinski definition) is 3. The van der Waals surface area contributed by atoms with Gasteiger partial charge in [-0.2, -0.15) is 0 Å². The minimum absolute atomic E-state index is 0.139. The number of para-hydroxylation sites is 1. The Morgan fingerprint density at radius 1 is 1.32 bits per heavy atom. The zero-order valence-corrected chi connectivity index (χ0v) is 11.9. The maximum absolute atomic E-state index is 12.3. The minimum atomic E-state index is 0.139. The van der Waals surface area contributed by atoms with Gasteiger partial charge >= 0.3 is 0 Å². The summed E-state index contributed by atoms with van der Waals surface area (Å²) in [4.78, 5) is 14.2. The van der Waals surface area contributed by atoms with Gasteiger partial charge in [0.1, 0.15) is 5.75 Å². The lowest BCUT2D eigenvalue weighted by Crippen LogP contribution is -2.34. The summed E-state index contributed by atoms with van der Waals surface area (Å²) in [5.41, 5.74) is 6.45. The second-order valence-electron chi connectivity index (χ2n) is 4.51. The molecular formula is C15H24N2O2. The first-order chi connectivity index (χ1) is 9.22. The van der Waals surface area contributed by atoms with Crippen LogP contribution in [0.1, 0.15) is 25.3 Å². The van der Waals surface area contributed by atoms with Crippen molar-refractivity contribution in [2.45, 2.75) is 26.2 Å². The van der Waals surface area contributed by atoms with Crippen molar-refractivity contribution in [3.05, 3.63) is 29.8 Å². The zero-order chi connectivity index (χ0) is 14.1. The number of carbonyl (C=O) groups excluding carboxylic acids is 1. The Bertz CT molecular complexity index is 393. The first kappa shape index (κ1) is 15.5. The molecule has 0 saturated carbocycles. The number of benzene rings is 1. The van der Waals surface area contributed by atoms with Crippen LogP contribution in [0.15, 0.2) is 24.3 Å². The summed E-state index contributed by atoms with van der Waals surface area (Å²) in [5, 5.41) is 0. The third-order valence-corrected chi connectivity index (χ3v) is 3.01. The van der Waals surface area contributed by atoms with Crippen LogP contribution in [-0.2, 0) is 11.2 Å². The number of nitrogens with zero attached hydrogens (tertiary/aromatic N) is 1. The van der Waals surface area contributed by atoms with Crippen LogP contribution in [0.25, 0.3) is 0 Å². The number of hydrogen-bond donors (Lipinski definition) is 1. The van der Waals surface area contributed by atoms with Crippen LogP contribution < -0.4 is 10.5 Å². The summed E-state index contributed by atoms with van der Waals surface area (Å²) in [6, 6.07) is 7.65. The molecule has 0 unspecified atom stereocenters. The van der Waals surface area contributed by atoms with Crippen molar-refractivity contribution in [2.24, 2.45) is 5.73 Å². The molecule has 1 aromatic rings. The summed E-state index contributed by atoms with van der Waals surface area (Å²) in [5.74, 6) is 0.908. The monoisotopic (exact) mass is 264 g/mol. The van der Waals surface area contributed by atoms with E-state index in [2.05, 4.69) is 6.92 Å². The van der Waals surface area contributed by atoms with Crippen molar-refractivity contribution in [1.29, 1.82) is 0 Å². The molecule has 0 aliphatic rings. The molecule has 0 heterocycles. The van der Waals surface area contributed by atoms with E-state index in [0.717, 1.165) is 37.2 Å². The van der Waals surface area contributed by atoms with Gasteiger partial charge in [-0.1, -0.05) is 25.1 Å². The van der Waals surface area contributed by atoms with Crippen LogP contribution >= 0.6 is 0 Å². The third-order valence-electron chi connectivity index (χ3n) is 3.01. The Morgan fingerprint density at radius 3 is 2.68 bits per heavy atom. The third kappa shape index (κ3) is 4.91. The minimum Gasteiger partial charge on any atom is -0.496 e. The van der Waals surface area contributed by atoms with Gasteiger partial charge < -0.3 is 15.4 Å². The molecule has 1 rings (SSSR count). The largest absolute Gasteiger partial charge is 0.496 e. The molecule has 1 aromatic carbocycles. The summed E-state index contributed by atoms with van der Waals surface area (Å²) >= 11 is 0. The van der Waals surface area contributed by atoms with E-state index in [1.807, 2.05) is 29.2 Å². The highest BCUT2D eigenvalue weighted by atomic mass is 16.5. The Balaban J connectivity index is 2.69. The van der Waals surface area contributed by atoms with Crippen molar-refractivity contribution in [3.63, 3.8) is 0 Å². The van der Waals surface area contributed by atoms with E-state index in [0.29, 0.717) is 13.0 Å². The Morgan fingerprint density at radius 2 is 2.05 bits per heavy atom. The van der Waals surface area contributed by atoms with Gasteiger partial charge in [0.2, 0.25) is 5.91 Å². The summed E-state index contributed by atoms with van der Waals surface area (Å²) < 4.78 is 5.28. The second kappa shape index (κ2) is 8.53. The molecule has 0 saturated heterocycles. The lowest BCUT2D eigenvalue weighted by molar-refractivity contribution is -0.130. The fourth-order valence-electron chi connectivity index (χ4n) is 2.04. The molecule has 0 aliphatic heterocycles. The van der Waals surface area contributed by atoms with E-state index in [9.17, 15) is 4.79 Å². The molecule has 0 fully saturated rings. The number of amides is 1. The Kier molecular flexibility index (Phi) is 6.97. The summed E-state index contributed by atoms with van der Waals surface area (Å²) in [7, 11) is 1.63. The fourth-order valence-corrected chi connectivity index (χ4v) is 2.04. The highest BCUT2D eigenvalue weighted by Gasteiger charge is 2.14. The quantitative estimate of drug-likeness (QED) is 0.779. The van der Waals surface area contributed by atoms with Crippen molar-refractivity contribution in [3.8, 4) is 5.75 Å². The van der Waals surface area contributed by atoms with Gasteiger partial charge in [0.15, 0.2) is 0 Å². The van der Waals surface area contributed by atoms with Gasteiger partial charge in [-0.15, -0.1) is 0 Å². The van der Waals surface area contributed by atoms with Crippen molar-refractivity contribution in [2.75, 3.05) is 26.7 Å². The predicted octanol–water partition coefficient (Wildman–Crippen LogP) is 1.83. The van der Waals surface area contributed by atoms with Gasteiger partial charge in [0.05, 0.1) is 13.5 Å². The van der Waals surface area contributed by atoms with Crippen LogP contribution in [-0.4, -0.2) is 37.6 Å². The van der Waals surface area contributed by atoms with Crippen LogP contribution in [0.2, 0.25) is 0 Å². The van der Waals surface area contributed by atoms with Crippen LogP contribution in [0.5, 0.6) is 5.75 Å². The molecule has 4 heteroatoms. The lowest BCUT2D eigenvalue weighted by atomic mass is 10.1. The number of ether oxygens (including phenoxy) is 1. The Labute approximate surface area is 115 Å². The highest BCUT2D eigenvalue weighted by Crippen LogP contribution is 2.18. The number of nitrogens with two attached hydrogens (primary N) is 1. The first-order valence-electron chi connectivity index (χ1n) is 6.82. The van der Waals surface area contributed by atoms with Gasteiger partial charge in [-0.3, -0.25) is 4.79 Å². The SMILES string of the molecule is CCCN(CCCN)C(=O)Cc1ccccc1OC. The molecule has 106 valence electrons.